The third kappa shape index (κ3) is 7.77. The molecule has 3 fully saturated rings. The van der Waals surface area contributed by atoms with Crippen LogP contribution in [0.1, 0.15) is 34.8 Å². The van der Waals surface area contributed by atoms with E-state index in [9.17, 15) is 18.4 Å². The SMILES string of the molecule is CCN(C(=O)c1cn(-c2cc(OC)cc(OC)c2)c2cc(OCc3ccc(CCC[N+]45CCN(CC4)CC5)cc3)ccc2c1=O)c1cc(F)cc(F)c1. The number of halogens is 2. The quantitative estimate of drug-likeness (QED) is 0.127. The zero-order valence-corrected chi connectivity index (χ0v) is 30.4. The van der Waals surface area contributed by atoms with Gasteiger partial charge in [-0.25, -0.2) is 8.78 Å². The van der Waals surface area contributed by atoms with Crippen molar-refractivity contribution in [3.63, 3.8) is 0 Å². The topological polar surface area (TPSA) is 73.2 Å². The van der Waals surface area contributed by atoms with Crippen molar-refractivity contribution in [1.82, 2.24) is 9.47 Å². The molecule has 3 saturated heterocycles. The number of aromatic nitrogens is 1. The minimum atomic E-state index is -0.830. The Morgan fingerprint density at radius 1 is 0.811 bits per heavy atom. The van der Waals surface area contributed by atoms with Crippen molar-refractivity contribution in [2.75, 3.05) is 71.5 Å². The van der Waals surface area contributed by atoms with Crippen molar-refractivity contribution >= 4 is 22.5 Å². The van der Waals surface area contributed by atoms with Gasteiger partial charge in [0, 0.05) is 80.2 Å². The van der Waals surface area contributed by atoms with Crippen LogP contribution in [0.15, 0.2) is 89.9 Å². The molecule has 8 rings (SSSR count). The van der Waals surface area contributed by atoms with Gasteiger partial charge in [0.05, 0.1) is 51.6 Å². The Labute approximate surface area is 308 Å². The second-order valence-corrected chi connectivity index (χ2v) is 14.0. The molecule has 0 unspecified atom stereocenters. The van der Waals surface area contributed by atoms with Gasteiger partial charge in [-0.2, -0.15) is 0 Å². The number of amides is 1. The lowest BCUT2D eigenvalue weighted by Crippen LogP contribution is -2.67. The van der Waals surface area contributed by atoms with Crippen molar-refractivity contribution in [2.24, 2.45) is 0 Å². The summed E-state index contributed by atoms with van der Waals surface area (Å²) in [4.78, 5) is 31.8. The highest BCUT2D eigenvalue weighted by molar-refractivity contribution is 6.07. The Kier molecular flexibility index (Phi) is 10.5. The van der Waals surface area contributed by atoms with E-state index in [2.05, 4.69) is 29.2 Å². The van der Waals surface area contributed by atoms with Gasteiger partial charge in [-0.1, -0.05) is 24.3 Å². The lowest BCUT2D eigenvalue weighted by Gasteiger charge is -2.50. The number of fused-ring (bicyclic) bond motifs is 4. The number of quaternary nitrogens is 1. The first-order valence-electron chi connectivity index (χ1n) is 18.2. The second-order valence-electron chi connectivity index (χ2n) is 14.0. The summed E-state index contributed by atoms with van der Waals surface area (Å²) in [6.45, 7) is 10.9. The average molecular weight is 724 g/mol. The number of aryl methyl sites for hydroxylation is 1. The summed E-state index contributed by atoms with van der Waals surface area (Å²) >= 11 is 0. The summed E-state index contributed by atoms with van der Waals surface area (Å²) in [5.41, 5.74) is 2.68. The number of rotatable bonds is 13. The monoisotopic (exact) mass is 723 g/mol. The van der Waals surface area contributed by atoms with Crippen molar-refractivity contribution in [3.8, 4) is 22.9 Å². The number of anilines is 1. The summed E-state index contributed by atoms with van der Waals surface area (Å²) in [7, 11) is 3.07. The van der Waals surface area contributed by atoms with Crippen LogP contribution < -0.4 is 24.5 Å². The van der Waals surface area contributed by atoms with Crippen molar-refractivity contribution in [3.05, 3.63) is 124 Å². The molecular formula is C42H45F2N4O5+. The number of piperazine rings is 3. The van der Waals surface area contributed by atoms with E-state index in [1.165, 1.54) is 87.6 Å². The molecule has 276 valence electrons. The predicted octanol–water partition coefficient (Wildman–Crippen LogP) is 6.61. The number of hydrogen-bond donors (Lipinski definition) is 0. The van der Waals surface area contributed by atoms with E-state index in [0.29, 0.717) is 35.1 Å². The Morgan fingerprint density at radius 2 is 1.45 bits per heavy atom. The Hall–Kier alpha value is -5.26. The highest BCUT2D eigenvalue weighted by atomic mass is 19.1. The number of benzene rings is 4. The molecule has 0 spiro atoms. The molecule has 5 aromatic rings. The van der Waals surface area contributed by atoms with E-state index in [0.717, 1.165) is 30.2 Å². The molecule has 9 nitrogen and oxygen atoms in total. The highest BCUT2D eigenvalue weighted by Crippen LogP contribution is 2.30. The van der Waals surface area contributed by atoms with Gasteiger partial charge in [-0.15, -0.1) is 0 Å². The predicted molar refractivity (Wildman–Crippen MR) is 202 cm³/mol. The van der Waals surface area contributed by atoms with Crippen LogP contribution in [-0.2, 0) is 13.0 Å². The van der Waals surface area contributed by atoms with Gasteiger partial charge in [0.15, 0.2) is 0 Å². The van der Waals surface area contributed by atoms with Gasteiger partial charge < -0.3 is 28.2 Å². The molecule has 4 heterocycles. The molecule has 4 aromatic carbocycles. The zero-order chi connectivity index (χ0) is 37.1. The van der Waals surface area contributed by atoms with Gasteiger partial charge >= 0.3 is 0 Å². The maximum Gasteiger partial charge on any atom is 0.263 e. The first-order chi connectivity index (χ1) is 25.7. The van der Waals surface area contributed by atoms with Crippen molar-refractivity contribution in [1.29, 1.82) is 0 Å². The molecule has 3 aliphatic rings. The molecule has 2 bridgehead atoms. The molecule has 1 aromatic heterocycles. The van der Waals surface area contributed by atoms with Crippen LogP contribution in [0.3, 0.4) is 0 Å². The lowest BCUT2D eigenvalue weighted by molar-refractivity contribution is -0.941. The third-order valence-corrected chi connectivity index (χ3v) is 10.7. The highest BCUT2D eigenvalue weighted by Gasteiger charge is 2.37. The number of carbonyl (C=O) groups is 1. The average Bonchev–Trinajstić information content (AvgIpc) is 3.18. The fourth-order valence-corrected chi connectivity index (χ4v) is 7.63. The van der Waals surface area contributed by atoms with Crippen LogP contribution >= 0.6 is 0 Å². The first kappa shape index (κ1) is 36.1. The van der Waals surface area contributed by atoms with Gasteiger partial charge in [0.25, 0.3) is 5.91 Å². The second kappa shape index (κ2) is 15.4. The van der Waals surface area contributed by atoms with E-state index in [-0.39, 0.29) is 23.2 Å². The van der Waals surface area contributed by atoms with Gasteiger partial charge in [0.1, 0.15) is 41.1 Å². The minimum Gasteiger partial charge on any atom is -0.497 e. The fourth-order valence-electron chi connectivity index (χ4n) is 7.63. The van der Waals surface area contributed by atoms with Crippen LogP contribution in [0.5, 0.6) is 17.2 Å². The molecule has 11 heteroatoms. The summed E-state index contributed by atoms with van der Waals surface area (Å²) < 4.78 is 48.6. The summed E-state index contributed by atoms with van der Waals surface area (Å²) in [6.07, 6.45) is 3.68. The lowest BCUT2D eigenvalue weighted by atomic mass is 10.1. The smallest absolute Gasteiger partial charge is 0.263 e. The molecule has 0 aliphatic carbocycles. The number of methoxy groups -OCH3 is 2. The van der Waals surface area contributed by atoms with Crippen molar-refractivity contribution < 1.29 is 32.3 Å². The fraction of sp³-hybridized carbons (Fsp3) is 0.333. The molecule has 1 amide bonds. The van der Waals surface area contributed by atoms with E-state index < -0.39 is 23.0 Å². The van der Waals surface area contributed by atoms with E-state index >= 15 is 0 Å². The number of hydrogen-bond acceptors (Lipinski definition) is 6. The largest absolute Gasteiger partial charge is 0.497 e. The number of ether oxygens (including phenoxy) is 3. The minimum absolute atomic E-state index is 0.00423. The maximum absolute atomic E-state index is 14.2. The standard InChI is InChI=1S/C42H45F2N4O5/c1-4-46(33-21-31(43)20-32(44)22-33)42(50)39-27-47(34-23-36(51-2)25-37(24-34)52-3)40-26-35(11-12-38(40)41(39)49)53-28-30-9-7-29(8-10-30)6-5-16-48-17-13-45(14-18-48)15-19-48/h7-12,20-27H,4-6,13-19,28H2,1-3H3/q+1. The summed E-state index contributed by atoms with van der Waals surface area (Å²) in [6, 6.07) is 21.7. The summed E-state index contributed by atoms with van der Waals surface area (Å²) in [5, 5.41) is 0.257. The first-order valence-corrected chi connectivity index (χ1v) is 18.2. The maximum atomic E-state index is 14.2. The van der Waals surface area contributed by atoms with Crippen LogP contribution in [0.2, 0.25) is 0 Å². The molecule has 0 radical (unpaired) electrons. The van der Waals surface area contributed by atoms with Crippen LogP contribution in [-0.4, -0.2) is 86.4 Å². The number of pyridine rings is 1. The molecule has 3 aliphatic heterocycles. The number of carbonyl (C=O) groups excluding carboxylic acids is 1. The molecule has 0 N–H and O–H groups in total. The third-order valence-electron chi connectivity index (χ3n) is 10.7. The van der Waals surface area contributed by atoms with Crippen molar-refractivity contribution in [2.45, 2.75) is 26.4 Å². The number of nitrogens with zero attached hydrogens (tertiary/aromatic N) is 4. The van der Waals surface area contributed by atoms with Crippen LogP contribution in [0.4, 0.5) is 14.5 Å². The Bertz CT molecular complexity index is 2120. The van der Waals surface area contributed by atoms with Gasteiger partial charge in [0.2, 0.25) is 5.43 Å². The van der Waals surface area contributed by atoms with E-state index in [1.807, 2.05) is 0 Å². The summed E-state index contributed by atoms with van der Waals surface area (Å²) in [5.74, 6) is -0.831. The normalized spacial score (nSPS) is 17.9. The van der Waals surface area contributed by atoms with E-state index in [1.54, 1.807) is 47.9 Å². The molecule has 0 atom stereocenters. The van der Waals surface area contributed by atoms with E-state index in [4.69, 9.17) is 14.2 Å². The van der Waals surface area contributed by atoms with Crippen LogP contribution in [0.25, 0.3) is 16.6 Å². The van der Waals surface area contributed by atoms with Gasteiger partial charge in [-0.3, -0.25) is 14.5 Å². The van der Waals surface area contributed by atoms with Gasteiger partial charge in [-0.05, 0) is 48.7 Å². The Morgan fingerprint density at radius 3 is 2.08 bits per heavy atom. The Balaban J connectivity index is 1.15. The molecule has 0 saturated carbocycles. The van der Waals surface area contributed by atoms with Crippen LogP contribution in [0, 0.1) is 11.6 Å². The zero-order valence-electron chi connectivity index (χ0n) is 30.4. The molecular weight excluding hydrogens is 678 g/mol. The molecule has 53 heavy (non-hydrogen) atoms.